The highest BCUT2D eigenvalue weighted by Crippen LogP contribution is 2.50. The van der Waals surface area contributed by atoms with Gasteiger partial charge in [0.25, 0.3) is 5.91 Å². The van der Waals surface area contributed by atoms with Crippen molar-refractivity contribution in [1.82, 2.24) is 14.9 Å². The van der Waals surface area contributed by atoms with Crippen molar-refractivity contribution in [3.8, 4) is 0 Å². The SMILES string of the molecule is CCN1C(=O)[C@]2(CC[C@@H]3CN(c4ncccn4)C[C@@H]32)N=C1C. The number of carbonyl (C=O) groups excluding carboxylic acids is 1. The largest absolute Gasteiger partial charge is 0.340 e. The lowest BCUT2D eigenvalue weighted by Crippen LogP contribution is -2.46. The Morgan fingerprint density at radius 3 is 2.77 bits per heavy atom. The number of carbonyl (C=O) groups is 1. The normalized spacial score (nSPS) is 33.7. The van der Waals surface area contributed by atoms with Gasteiger partial charge in [0.05, 0.1) is 0 Å². The van der Waals surface area contributed by atoms with E-state index in [0.29, 0.717) is 12.5 Å². The molecule has 1 saturated heterocycles. The van der Waals surface area contributed by atoms with Crippen LogP contribution in [0, 0.1) is 11.8 Å². The number of aromatic nitrogens is 2. The number of anilines is 1. The third-order valence-electron chi connectivity index (χ3n) is 5.47. The molecule has 2 fully saturated rings. The van der Waals surface area contributed by atoms with Gasteiger partial charge in [0, 0.05) is 37.9 Å². The molecule has 3 aliphatic rings. The second kappa shape index (κ2) is 4.76. The van der Waals surface area contributed by atoms with Gasteiger partial charge in [-0.1, -0.05) is 0 Å². The molecule has 1 spiro atoms. The topological polar surface area (TPSA) is 61.7 Å². The van der Waals surface area contributed by atoms with Crippen molar-refractivity contribution < 1.29 is 4.79 Å². The van der Waals surface area contributed by atoms with Crippen LogP contribution in [-0.4, -0.2) is 51.8 Å². The molecule has 0 radical (unpaired) electrons. The van der Waals surface area contributed by atoms with Gasteiger partial charge in [0.1, 0.15) is 11.4 Å². The summed E-state index contributed by atoms with van der Waals surface area (Å²) >= 11 is 0. The van der Waals surface area contributed by atoms with E-state index in [1.165, 1.54) is 0 Å². The Morgan fingerprint density at radius 2 is 2.09 bits per heavy atom. The number of likely N-dealkylation sites (N-methyl/N-ethyl adjacent to an activating group) is 1. The predicted molar refractivity (Wildman–Crippen MR) is 83.7 cm³/mol. The van der Waals surface area contributed by atoms with Crippen LogP contribution in [0.5, 0.6) is 0 Å². The minimum atomic E-state index is -0.520. The van der Waals surface area contributed by atoms with Crippen molar-refractivity contribution in [3.05, 3.63) is 18.5 Å². The van der Waals surface area contributed by atoms with Crippen LogP contribution in [0.15, 0.2) is 23.5 Å². The predicted octanol–water partition coefficient (Wildman–Crippen LogP) is 1.34. The third kappa shape index (κ3) is 1.72. The van der Waals surface area contributed by atoms with E-state index in [1.54, 1.807) is 12.4 Å². The second-order valence-corrected chi connectivity index (χ2v) is 6.49. The Hall–Kier alpha value is -1.98. The van der Waals surface area contributed by atoms with E-state index in [2.05, 4.69) is 14.9 Å². The van der Waals surface area contributed by atoms with Crippen LogP contribution in [0.3, 0.4) is 0 Å². The minimum absolute atomic E-state index is 0.204. The number of fused-ring (bicyclic) bond motifs is 2. The molecule has 22 heavy (non-hydrogen) atoms. The van der Waals surface area contributed by atoms with Gasteiger partial charge in [0.2, 0.25) is 5.95 Å². The molecule has 1 aliphatic carbocycles. The van der Waals surface area contributed by atoms with E-state index in [4.69, 9.17) is 4.99 Å². The molecule has 2 aliphatic heterocycles. The number of rotatable bonds is 2. The maximum Gasteiger partial charge on any atom is 0.256 e. The van der Waals surface area contributed by atoms with Gasteiger partial charge >= 0.3 is 0 Å². The zero-order chi connectivity index (χ0) is 15.3. The molecule has 1 amide bonds. The van der Waals surface area contributed by atoms with E-state index in [9.17, 15) is 4.79 Å². The summed E-state index contributed by atoms with van der Waals surface area (Å²) in [6.45, 7) is 6.44. The van der Waals surface area contributed by atoms with E-state index in [0.717, 1.165) is 37.7 Å². The van der Waals surface area contributed by atoms with Crippen LogP contribution in [0.25, 0.3) is 0 Å². The van der Waals surface area contributed by atoms with Crippen LogP contribution >= 0.6 is 0 Å². The average molecular weight is 299 g/mol. The van der Waals surface area contributed by atoms with E-state index in [1.807, 2.05) is 24.8 Å². The van der Waals surface area contributed by atoms with Gasteiger partial charge in [0.15, 0.2) is 0 Å². The fraction of sp³-hybridized carbons (Fsp3) is 0.625. The zero-order valence-electron chi connectivity index (χ0n) is 13.1. The lowest BCUT2D eigenvalue weighted by Gasteiger charge is -2.27. The Kier molecular flexibility index (Phi) is 2.96. The van der Waals surface area contributed by atoms with Gasteiger partial charge in [-0.05, 0) is 38.7 Å². The Morgan fingerprint density at radius 1 is 1.32 bits per heavy atom. The first kappa shape index (κ1) is 13.7. The van der Waals surface area contributed by atoms with Crippen molar-refractivity contribution in [1.29, 1.82) is 0 Å². The number of amidine groups is 1. The number of amides is 1. The van der Waals surface area contributed by atoms with Gasteiger partial charge in [-0.2, -0.15) is 0 Å². The molecule has 0 aromatic carbocycles. The van der Waals surface area contributed by atoms with Gasteiger partial charge in [-0.3, -0.25) is 14.7 Å². The molecule has 116 valence electrons. The molecule has 1 saturated carbocycles. The molecule has 0 unspecified atom stereocenters. The van der Waals surface area contributed by atoms with Crippen molar-refractivity contribution in [3.63, 3.8) is 0 Å². The standard InChI is InChI=1S/C16H21N5O/c1-3-21-11(2)19-16(14(21)22)6-5-12-9-20(10-13(12)16)15-17-7-4-8-18-15/h4,7-8,12-13H,3,5-6,9-10H2,1-2H3/t12-,13+,16-/m1/s1. The van der Waals surface area contributed by atoms with Crippen molar-refractivity contribution in [2.45, 2.75) is 32.2 Å². The molecule has 0 bridgehead atoms. The maximum absolute atomic E-state index is 12.9. The quantitative estimate of drug-likeness (QED) is 0.827. The summed E-state index contributed by atoms with van der Waals surface area (Å²) in [6, 6.07) is 1.83. The van der Waals surface area contributed by atoms with Gasteiger partial charge < -0.3 is 4.90 Å². The highest BCUT2D eigenvalue weighted by molar-refractivity contribution is 6.07. The van der Waals surface area contributed by atoms with Crippen molar-refractivity contribution in [2.24, 2.45) is 16.8 Å². The van der Waals surface area contributed by atoms with Crippen molar-refractivity contribution >= 4 is 17.7 Å². The van der Waals surface area contributed by atoms with E-state index in [-0.39, 0.29) is 11.8 Å². The lowest BCUT2D eigenvalue weighted by molar-refractivity contribution is -0.132. The monoisotopic (exact) mass is 299 g/mol. The van der Waals surface area contributed by atoms with E-state index < -0.39 is 5.54 Å². The Balaban J connectivity index is 1.63. The smallest absolute Gasteiger partial charge is 0.256 e. The zero-order valence-corrected chi connectivity index (χ0v) is 13.1. The fourth-order valence-electron chi connectivity index (χ4n) is 4.47. The molecule has 4 rings (SSSR count). The molecule has 3 heterocycles. The highest BCUT2D eigenvalue weighted by Gasteiger charge is 2.60. The minimum Gasteiger partial charge on any atom is -0.340 e. The second-order valence-electron chi connectivity index (χ2n) is 6.49. The number of aliphatic imine (C=N–C) groups is 1. The number of hydrogen-bond donors (Lipinski definition) is 0. The molecular weight excluding hydrogens is 278 g/mol. The van der Waals surface area contributed by atoms with Crippen LogP contribution in [-0.2, 0) is 4.79 Å². The van der Waals surface area contributed by atoms with Gasteiger partial charge in [-0.25, -0.2) is 9.97 Å². The number of nitrogens with zero attached hydrogens (tertiary/aromatic N) is 5. The highest BCUT2D eigenvalue weighted by atomic mass is 16.2. The van der Waals surface area contributed by atoms with Crippen LogP contribution < -0.4 is 4.90 Å². The molecular formula is C16H21N5O. The van der Waals surface area contributed by atoms with Crippen LogP contribution in [0.1, 0.15) is 26.7 Å². The molecule has 6 nitrogen and oxygen atoms in total. The van der Waals surface area contributed by atoms with Crippen LogP contribution in [0.4, 0.5) is 5.95 Å². The summed E-state index contributed by atoms with van der Waals surface area (Å²) in [5.41, 5.74) is -0.520. The third-order valence-corrected chi connectivity index (χ3v) is 5.47. The molecule has 1 aromatic heterocycles. The first-order valence-electron chi connectivity index (χ1n) is 8.06. The Labute approximate surface area is 130 Å². The van der Waals surface area contributed by atoms with Gasteiger partial charge in [-0.15, -0.1) is 0 Å². The first-order valence-corrected chi connectivity index (χ1v) is 8.06. The summed E-state index contributed by atoms with van der Waals surface area (Å²) in [7, 11) is 0. The summed E-state index contributed by atoms with van der Waals surface area (Å²) < 4.78 is 0. The average Bonchev–Trinajstić information content (AvgIpc) is 3.16. The molecule has 6 heteroatoms. The summed E-state index contributed by atoms with van der Waals surface area (Å²) in [5, 5.41) is 0. The summed E-state index contributed by atoms with van der Waals surface area (Å²) in [5.74, 6) is 2.65. The van der Waals surface area contributed by atoms with E-state index >= 15 is 0 Å². The lowest BCUT2D eigenvalue weighted by atomic mass is 9.85. The summed E-state index contributed by atoms with van der Waals surface area (Å²) in [4.78, 5) is 30.5. The summed E-state index contributed by atoms with van der Waals surface area (Å²) in [6.07, 6.45) is 5.49. The number of hydrogen-bond acceptors (Lipinski definition) is 5. The van der Waals surface area contributed by atoms with Crippen molar-refractivity contribution in [2.75, 3.05) is 24.5 Å². The fourth-order valence-corrected chi connectivity index (χ4v) is 4.47. The Bertz CT molecular complexity index is 631. The first-order chi connectivity index (χ1) is 10.7. The molecule has 0 N–H and O–H groups in total. The van der Waals surface area contributed by atoms with Crippen LogP contribution in [0.2, 0.25) is 0 Å². The molecule has 1 aromatic rings. The molecule has 3 atom stereocenters. The maximum atomic E-state index is 12.9.